The topological polar surface area (TPSA) is 97.0 Å². The van der Waals surface area contributed by atoms with Gasteiger partial charge < -0.3 is 30.7 Å². The molecule has 2 fully saturated rings. The lowest BCUT2D eigenvalue weighted by Gasteiger charge is -2.45. The molecule has 3 N–H and O–H groups in total. The maximum absolute atomic E-state index is 14.0. The van der Waals surface area contributed by atoms with Crippen LogP contribution < -0.4 is 16.0 Å². The zero-order chi connectivity index (χ0) is 31.1. The molecule has 44 heavy (non-hydrogen) atoms. The molecule has 5 rings (SSSR count). The predicted octanol–water partition coefficient (Wildman–Crippen LogP) is 3.76. The van der Waals surface area contributed by atoms with E-state index in [9.17, 15) is 14.4 Å². The summed E-state index contributed by atoms with van der Waals surface area (Å²) >= 11 is 6.12. The van der Waals surface area contributed by atoms with E-state index in [0.717, 1.165) is 62.9 Å². The molecule has 0 radical (unpaired) electrons. The van der Waals surface area contributed by atoms with Gasteiger partial charge in [-0.25, -0.2) is 4.79 Å². The first-order valence-corrected chi connectivity index (χ1v) is 16.6. The third-order valence-corrected chi connectivity index (χ3v) is 9.66. The summed E-state index contributed by atoms with van der Waals surface area (Å²) in [5.41, 5.74) is 3.36. The van der Waals surface area contributed by atoms with Gasteiger partial charge in [-0.3, -0.25) is 9.59 Å². The van der Waals surface area contributed by atoms with Crippen molar-refractivity contribution in [1.82, 2.24) is 30.7 Å². The number of halogens is 1. The van der Waals surface area contributed by atoms with Crippen molar-refractivity contribution >= 4 is 29.4 Å². The molecule has 4 amide bonds. The molecule has 1 unspecified atom stereocenters. The van der Waals surface area contributed by atoms with Crippen LogP contribution in [0.15, 0.2) is 48.5 Å². The molecule has 0 spiro atoms. The third kappa shape index (κ3) is 8.11. The fraction of sp³-hybridized carbons (Fsp3) is 0.559. The monoisotopic (exact) mass is 622 g/mol. The molecule has 9 nitrogen and oxygen atoms in total. The van der Waals surface area contributed by atoms with Gasteiger partial charge in [-0.2, -0.15) is 0 Å². The van der Waals surface area contributed by atoms with E-state index < -0.39 is 6.04 Å². The summed E-state index contributed by atoms with van der Waals surface area (Å²) in [4.78, 5) is 46.9. The summed E-state index contributed by atoms with van der Waals surface area (Å²) in [7, 11) is 2.13. The minimum atomic E-state index is -0.688. The zero-order valence-corrected chi connectivity index (χ0v) is 26.8. The molecule has 0 bridgehead atoms. The fourth-order valence-electron chi connectivity index (χ4n) is 7.00. The highest BCUT2D eigenvalue weighted by Gasteiger charge is 2.37. The number of hydrogen-bond acceptors (Lipinski definition) is 5. The summed E-state index contributed by atoms with van der Waals surface area (Å²) in [5.74, 6) is -0.223. The number of amides is 4. The van der Waals surface area contributed by atoms with Crippen LogP contribution in [-0.2, 0) is 22.4 Å². The van der Waals surface area contributed by atoms with Crippen LogP contribution in [0.3, 0.4) is 0 Å². The number of nitrogens with one attached hydrogen (secondary N) is 3. The maximum atomic E-state index is 14.0. The van der Waals surface area contributed by atoms with Crippen molar-refractivity contribution in [3.05, 3.63) is 70.2 Å². The number of carbonyl (C=O) groups excluding carboxylic acids is 3. The van der Waals surface area contributed by atoms with Gasteiger partial charge in [-0.1, -0.05) is 48.0 Å². The molecule has 238 valence electrons. The van der Waals surface area contributed by atoms with Crippen molar-refractivity contribution in [2.24, 2.45) is 0 Å². The van der Waals surface area contributed by atoms with Crippen LogP contribution >= 0.6 is 11.6 Å². The molecule has 3 heterocycles. The first kappa shape index (κ1) is 32.3. The van der Waals surface area contributed by atoms with E-state index in [1.165, 1.54) is 5.56 Å². The molecule has 2 aromatic rings. The lowest BCUT2D eigenvalue weighted by molar-refractivity contribution is -0.138. The largest absolute Gasteiger partial charge is 0.344 e. The molecule has 10 heteroatoms. The molecular formula is C34H47ClN6O3. The van der Waals surface area contributed by atoms with Gasteiger partial charge in [-0.05, 0) is 94.5 Å². The molecule has 0 saturated carbocycles. The number of carbonyl (C=O) groups is 3. The van der Waals surface area contributed by atoms with Crippen LogP contribution in [0.5, 0.6) is 0 Å². The number of nitrogens with zero attached hydrogens (tertiary/aromatic N) is 3. The van der Waals surface area contributed by atoms with Gasteiger partial charge >= 0.3 is 6.03 Å². The Morgan fingerprint density at radius 2 is 1.64 bits per heavy atom. The summed E-state index contributed by atoms with van der Waals surface area (Å²) < 4.78 is 0. The number of rotatable bonds is 9. The minimum absolute atomic E-state index is 0.00222. The van der Waals surface area contributed by atoms with Crippen molar-refractivity contribution in [1.29, 1.82) is 0 Å². The normalized spacial score (nSPS) is 20.4. The average molecular weight is 623 g/mol. The van der Waals surface area contributed by atoms with Crippen LogP contribution in [0, 0.1) is 0 Å². The van der Waals surface area contributed by atoms with Crippen molar-refractivity contribution < 1.29 is 14.4 Å². The molecule has 2 atom stereocenters. The smallest absolute Gasteiger partial charge is 0.317 e. The second-order valence-corrected chi connectivity index (χ2v) is 12.9. The SMILES string of the molecule is CCNC(=O)N(C1CCN(C)CC1)C1CCN(C(=O)[C@@H](Cc2ccc(Cl)cc2)NC(=O)CC2NCCc3ccccc32)CC1. The molecule has 3 aliphatic heterocycles. The highest BCUT2D eigenvalue weighted by Crippen LogP contribution is 2.27. The minimum Gasteiger partial charge on any atom is -0.344 e. The Bertz CT molecular complexity index is 1270. The van der Waals surface area contributed by atoms with Crippen molar-refractivity contribution in [3.8, 4) is 0 Å². The van der Waals surface area contributed by atoms with Gasteiger partial charge in [0.25, 0.3) is 0 Å². The van der Waals surface area contributed by atoms with Crippen LogP contribution in [-0.4, -0.2) is 97.0 Å². The first-order chi connectivity index (χ1) is 21.3. The summed E-state index contributed by atoms with van der Waals surface area (Å²) in [6.07, 6.45) is 4.96. The van der Waals surface area contributed by atoms with Gasteiger partial charge in [0, 0.05) is 55.6 Å². The van der Waals surface area contributed by atoms with Gasteiger partial charge in [0.15, 0.2) is 0 Å². The van der Waals surface area contributed by atoms with Gasteiger partial charge in [0.2, 0.25) is 11.8 Å². The Morgan fingerprint density at radius 3 is 2.32 bits per heavy atom. The Hall–Kier alpha value is -3.14. The van der Waals surface area contributed by atoms with Crippen LogP contribution in [0.2, 0.25) is 5.02 Å². The lowest BCUT2D eigenvalue weighted by Crippen LogP contribution is -2.58. The summed E-state index contributed by atoms with van der Waals surface area (Å²) in [5, 5.41) is 10.2. The van der Waals surface area contributed by atoms with Crippen LogP contribution in [0.1, 0.15) is 61.8 Å². The Labute approximate surface area is 266 Å². The Kier molecular flexibility index (Phi) is 11.2. The van der Waals surface area contributed by atoms with E-state index in [0.29, 0.717) is 31.1 Å². The van der Waals surface area contributed by atoms with Gasteiger partial charge in [0.1, 0.15) is 6.04 Å². The van der Waals surface area contributed by atoms with Crippen molar-refractivity contribution in [2.75, 3.05) is 46.3 Å². The Morgan fingerprint density at radius 1 is 0.977 bits per heavy atom. The average Bonchev–Trinajstić information content (AvgIpc) is 3.03. The fourth-order valence-corrected chi connectivity index (χ4v) is 7.13. The highest BCUT2D eigenvalue weighted by molar-refractivity contribution is 6.30. The lowest BCUT2D eigenvalue weighted by atomic mass is 9.92. The van der Waals surface area contributed by atoms with Crippen molar-refractivity contribution in [3.63, 3.8) is 0 Å². The standard InChI is InChI=1S/C34H47ClN6O3/c1-3-36-34(44)41(27-13-18-39(2)19-14-27)28-15-20-40(21-16-28)33(43)31(22-24-8-10-26(35)11-9-24)38-32(42)23-30-29-7-5-4-6-25(29)12-17-37-30/h4-11,27-28,30-31,37H,3,12-23H2,1-2H3,(H,36,44)(H,38,42)/t30?,31-/m1/s1. The summed E-state index contributed by atoms with van der Waals surface area (Å²) in [6.45, 7) is 6.42. The second kappa shape index (κ2) is 15.2. The van der Waals surface area contributed by atoms with E-state index in [4.69, 9.17) is 11.6 Å². The number of fused-ring (bicyclic) bond motifs is 1. The second-order valence-electron chi connectivity index (χ2n) is 12.4. The van der Waals surface area contributed by atoms with E-state index in [-0.39, 0.29) is 42.4 Å². The molecule has 0 aromatic heterocycles. The molecule has 0 aliphatic carbocycles. The third-order valence-electron chi connectivity index (χ3n) is 9.41. The molecule has 2 saturated heterocycles. The molecular weight excluding hydrogens is 576 g/mol. The number of urea groups is 1. The van der Waals surface area contributed by atoms with E-state index in [1.54, 1.807) is 0 Å². The van der Waals surface area contributed by atoms with Crippen LogP contribution in [0.25, 0.3) is 0 Å². The first-order valence-electron chi connectivity index (χ1n) is 16.2. The number of piperidine rings is 2. The highest BCUT2D eigenvalue weighted by atomic mass is 35.5. The van der Waals surface area contributed by atoms with Gasteiger partial charge in [0.05, 0.1) is 0 Å². The predicted molar refractivity (Wildman–Crippen MR) is 174 cm³/mol. The van der Waals surface area contributed by atoms with E-state index >= 15 is 0 Å². The Balaban J connectivity index is 1.25. The quantitative estimate of drug-likeness (QED) is 0.396. The number of hydrogen-bond donors (Lipinski definition) is 3. The van der Waals surface area contributed by atoms with E-state index in [2.05, 4.69) is 44.9 Å². The van der Waals surface area contributed by atoms with E-state index in [1.807, 2.05) is 48.2 Å². The van der Waals surface area contributed by atoms with Crippen molar-refractivity contribution in [2.45, 2.75) is 76.0 Å². The molecule has 3 aliphatic rings. The zero-order valence-electron chi connectivity index (χ0n) is 26.1. The summed E-state index contributed by atoms with van der Waals surface area (Å²) in [6, 6.07) is 15.2. The van der Waals surface area contributed by atoms with Crippen LogP contribution in [0.4, 0.5) is 4.79 Å². The number of likely N-dealkylation sites (tertiary alicyclic amines) is 2. The number of benzene rings is 2. The van der Waals surface area contributed by atoms with Gasteiger partial charge in [-0.15, -0.1) is 0 Å². The maximum Gasteiger partial charge on any atom is 0.317 e. The molecule has 2 aromatic carbocycles.